The maximum absolute atomic E-state index is 12.1. The molecule has 4 aliphatic carbocycles. The van der Waals surface area contributed by atoms with E-state index in [2.05, 4.69) is 41.5 Å². The summed E-state index contributed by atoms with van der Waals surface area (Å²) < 4.78 is 0. The molecule has 0 bridgehead atoms. The summed E-state index contributed by atoms with van der Waals surface area (Å²) in [7, 11) is 0. The van der Waals surface area contributed by atoms with Gasteiger partial charge in [-0.3, -0.25) is 4.79 Å². The van der Waals surface area contributed by atoms with Gasteiger partial charge in [-0.1, -0.05) is 47.1 Å². The van der Waals surface area contributed by atoms with E-state index < -0.39 is 12.2 Å². The van der Waals surface area contributed by atoms with Crippen LogP contribution in [-0.4, -0.2) is 28.2 Å². The molecule has 3 heteroatoms. The number of hydrogen-bond donors (Lipinski definition) is 2. The standard InChI is InChI=1S/C28H46O3/c1-16(2)17(3)25(30)26(31)18(4)22-9-10-23-21-8-7-19-15-20(29)11-13-27(19,5)24(21)12-14-28(22,23)6/h15-18,21-26,30-31H,7-14H2,1-6H3. The number of aliphatic hydroxyl groups excluding tert-OH is 2. The second-order valence-electron chi connectivity index (χ2n) is 12.6. The summed E-state index contributed by atoms with van der Waals surface area (Å²) in [5.74, 6) is 3.62. The van der Waals surface area contributed by atoms with Crippen molar-refractivity contribution in [2.75, 3.05) is 0 Å². The van der Waals surface area contributed by atoms with Crippen molar-refractivity contribution >= 4 is 5.78 Å². The first-order chi connectivity index (χ1) is 14.5. The van der Waals surface area contributed by atoms with E-state index in [4.69, 9.17) is 0 Å². The fourth-order valence-corrected chi connectivity index (χ4v) is 8.72. The molecular formula is C28H46O3. The van der Waals surface area contributed by atoms with E-state index in [1.54, 1.807) is 0 Å². The summed E-state index contributed by atoms with van der Waals surface area (Å²) >= 11 is 0. The molecule has 0 saturated heterocycles. The Morgan fingerprint density at radius 2 is 1.61 bits per heavy atom. The van der Waals surface area contributed by atoms with Crippen LogP contribution in [0.2, 0.25) is 0 Å². The van der Waals surface area contributed by atoms with Gasteiger partial charge in [0.15, 0.2) is 5.78 Å². The molecule has 0 amide bonds. The van der Waals surface area contributed by atoms with Gasteiger partial charge in [-0.05, 0) is 103 Å². The van der Waals surface area contributed by atoms with Crippen LogP contribution in [0.4, 0.5) is 0 Å². The van der Waals surface area contributed by atoms with E-state index in [-0.39, 0.29) is 22.7 Å². The number of fused-ring (bicyclic) bond motifs is 5. The maximum Gasteiger partial charge on any atom is 0.155 e. The Labute approximate surface area is 190 Å². The average Bonchev–Trinajstić information content (AvgIpc) is 3.09. The molecule has 10 atom stereocenters. The minimum atomic E-state index is -0.643. The molecule has 4 aliphatic rings. The van der Waals surface area contributed by atoms with Crippen molar-refractivity contribution in [3.8, 4) is 0 Å². The van der Waals surface area contributed by atoms with Crippen molar-refractivity contribution in [3.63, 3.8) is 0 Å². The Morgan fingerprint density at radius 1 is 0.903 bits per heavy atom. The van der Waals surface area contributed by atoms with E-state index in [9.17, 15) is 15.0 Å². The molecule has 176 valence electrons. The summed E-state index contributed by atoms with van der Waals surface area (Å²) in [5, 5.41) is 22.0. The molecule has 0 spiro atoms. The topological polar surface area (TPSA) is 57.5 Å². The molecule has 0 radical (unpaired) electrons. The molecule has 3 fully saturated rings. The zero-order chi connectivity index (χ0) is 22.7. The minimum absolute atomic E-state index is 0.107. The van der Waals surface area contributed by atoms with Crippen molar-refractivity contribution in [1.82, 2.24) is 0 Å². The molecule has 0 aromatic heterocycles. The van der Waals surface area contributed by atoms with E-state index in [0.29, 0.717) is 23.5 Å². The van der Waals surface area contributed by atoms with Crippen LogP contribution < -0.4 is 0 Å². The quantitative estimate of drug-likeness (QED) is 0.581. The number of carbonyl (C=O) groups is 1. The number of rotatable bonds is 5. The lowest BCUT2D eigenvalue weighted by molar-refractivity contribution is -0.118. The van der Waals surface area contributed by atoms with Crippen LogP contribution in [0.25, 0.3) is 0 Å². The Balaban J connectivity index is 1.53. The highest BCUT2D eigenvalue weighted by Gasteiger charge is 2.60. The van der Waals surface area contributed by atoms with Crippen LogP contribution in [0, 0.1) is 52.3 Å². The Kier molecular flexibility index (Phi) is 6.27. The predicted octanol–water partition coefficient (Wildman–Crippen LogP) is 5.78. The van der Waals surface area contributed by atoms with Crippen molar-refractivity contribution in [2.24, 2.45) is 52.3 Å². The Morgan fingerprint density at radius 3 is 2.29 bits per heavy atom. The zero-order valence-corrected chi connectivity index (χ0v) is 20.7. The van der Waals surface area contributed by atoms with Crippen LogP contribution >= 0.6 is 0 Å². The van der Waals surface area contributed by atoms with Gasteiger partial charge in [0.05, 0.1) is 12.2 Å². The first-order valence-corrected chi connectivity index (χ1v) is 13.1. The highest BCUT2D eigenvalue weighted by Crippen LogP contribution is 2.67. The maximum atomic E-state index is 12.1. The van der Waals surface area contributed by atoms with Gasteiger partial charge in [-0.15, -0.1) is 0 Å². The van der Waals surface area contributed by atoms with E-state index in [0.717, 1.165) is 31.1 Å². The predicted molar refractivity (Wildman–Crippen MR) is 125 cm³/mol. The molecule has 2 N–H and O–H groups in total. The van der Waals surface area contributed by atoms with Crippen LogP contribution in [0.3, 0.4) is 0 Å². The third-order valence-corrected chi connectivity index (χ3v) is 11.1. The van der Waals surface area contributed by atoms with Gasteiger partial charge >= 0.3 is 0 Å². The molecule has 31 heavy (non-hydrogen) atoms. The van der Waals surface area contributed by atoms with Gasteiger partial charge in [-0.2, -0.15) is 0 Å². The summed E-state index contributed by atoms with van der Waals surface area (Å²) in [4.78, 5) is 12.1. The minimum Gasteiger partial charge on any atom is -0.390 e. The highest BCUT2D eigenvalue weighted by molar-refractivity contribution is 5.91. The van der Waals surface area contributed by atoms with E-state index >= 15 is 0 Å². The van der Waals surface area contributed by atoms with Crippen LogP contribution in [0.1, 0.15) is 92.9 Å². The highest BCUT2D eigenvalue weighted by atomic mass is 16.3. The van der Waals surface area contributed by atoms with Crippen molar-refractivity contribution in [1.29, 1.82) is 0 Å². The van der Waals surface area contributed by atoms with Gasteiger partial charge in [0.1, 0.15) is 0 Å². The number of carbonyl (C=O) groups excluding carboxylic acids is 1. The van der Waals surface area contributed by atoms with Crippen LogP contribution in [-0.2, 0) is 4.79 Å². The zero-order valence-electron chi connectivity index (χ0n) is 20.7. The summed E-state index contributed by atoms with van der Waals surface area (Å²) in [6.07, 6.45) is 9.75. The van der Waals surface area contributed by atoms with Crippen molar-refractivity contribution in [2.45, 2.75) is 105 Å². The lowest BCUT2D eigenvalue weighted by atomic mass is 9.46. The smallest absolute Gasteiger partial charge is 0.155 e. The number of aliphatic hydroxyl groups is 2. The number of hydrogen-bond acceptors (Lipinski definition) is 3. The third kappa shape index (κ3) is 3.66. The second-order valence-corrected chi connectivity index (χ2v) is 12.6. The van der Waals surface area contributed by atoms with Crippen molar-refractivity contribution < 1.29 is 15.0 Å². The van der Waals surface area contributed by atoms with E-state index in [1.807, 2.05) is 6.08 Å². The first-order valence-electron chi connectivity index (χ1n) is 13.1. The Hall–Kier alpha value is -0.670. The summed E-state index contributed by atoms with van der Waals surface area (Å²) in [6, 6.07) is 0. The largest absolute Gasteiger partial charge is 0.390 e. The first kappa shape index (κ1) is 23.5. The summed E-state index contributed by atoms with van der Waals surface area (Å²) in [6.45, 7) is 13.5. The van der Waals surface area contributed by atoms with E-state index in [1.165, 1.54) is 37.7 Å². The molecule has 3 nitrogen and oxygen atoms in total. The average molecular weight is 431 g/mol. The number of allylic oxidation sites excluding steroid dienone is 1. The third-order valence-electron chi connectivity index (χ3n) is 11.1. The molecule has 4 rings (SSSR count). The summed E-state index contributed by atoms with van der Waals surface area (Å²) in [5.41, 5.74) is 1.94. The van der Waals surface area contributed by atoms with Crippen LogP contribution in [0.5, 0.6) is 0 Å². The SMILES string of the molecule is CC(C)C(C)C(O)C(O)C(C)C1CCC2C3CCC4=CC(=O)CCC4(C)C3CCC12C. The normalized spacial score (nSPS) is 44.0. The van der Waals surface area contributed by atoms with Gasteiger partial charge in [0.2, 0.25) is 0 Å². The second kappa shape index (κ2) is 8.28. The van der Waals surface area contributed by atoms with Crippen LogP contribution in [0.15, 0.2) is 11.6 Å². The molecule has 0 heterocycles. The molecule has 10 unspecified atom stereocenters. The monoisotopic (exact) mass is 430 g/mol. The molecule has 0 aliphatic heterocycles. The van der Waals surface area contributed by atoms with Gasteiger partial charge in [-0.25, -0.2) is 0 Å². The molecule has 3 saturated carbocycles. The Bertz CT molecular complexity index is 726. The van der Waals surface area contributed by atoms with Crippen molar-refractivity contribution in [3.05, 3.63) is 11.6 Å². The molecular weight excluding hydrogens is 384 g/mol. The van der Waals surface area contributed by atoms with Gasteiger partial charge < -0.3 is 10.2 Å². The fourth-order valence-electron chi connectivity index (χ4n) is 8.72. The molecule has 0 aromatic rings. The van der Waals surface area contributed by atoms with Gasteiger partial charge in [0, 0.05) is 6.42 Å². The lowest BCUT2D eigenvalue weighted by Gasteiger charge is -2.58. The number of ketones is 1. The lowest BCUT2D eigenvalue weighted by Crippen LogP contribution is -2.52. The fraction of sp³-hybridized carbons (Fsp3) is 0.893. The molecule has 0 aromatic carbocycles. The van der Waals surface area contributed by atoms with Gasteiger partial charge in [0.25, 0.3) is 0 Å².